The summed E-state index contributed by atoms with van der Waals surface area (Å²) in [4.78, 5) is 24.9. The highest BCUT2D eigenvalue weighted by Gasteiger charge is 2.53. The average Bonchev–Trinajstić information content (AvgIpc) is 3.10. The summed E-state index contributed by atoms with van der Waals surface area (Å²) in [6, 6.07) is 6.80. The first-order valence-electron chi connectivity index (χ1n) is 10.0. The predicted octanol–water partition coefficient (Wildman–Crippen LogP) is 4.12. The van der Waals surface area contributed by atoms with Gasteiger partial charge in [-0.1, -0.05) is 17.7 Å². The van der Waals surface area contributed by atoms with E-state index >= 15 is 0 Å². The van der Waals surface area contributed by atoms with E-state index in [1.54, 1.807) is 36.1 Å². The summed E-state index contributed by atoms with van der Waals surface area (Å²) < 4.78 is 25.9. The number of ether oxygens (including phenoxy) is 2. The van der Waals surface area contributed by atoms with Crippen LogP contribution < -0.4 is 15.0 Å². The first-order chi connectivity index (χ1) is 15.3. The van der Waals surface area contributed by atoms with Gasteiger partial charge in [0.2, 0.25) is 0 Å². The molecule has 166 valence electrons. The van der Waals surface area contributed by atoms with Crippen molar-refractivity contribution in [3.05, 3.63) is 47.0 Å². The summed E-state index contributed by atoms with van der Waals surface area (Å²) in [5, 5.41) is 3.65. The van der Waals surface area contributed by atoms with E-state index in [1.807, 2.05) is 7.05 Å². The van der Waals surface area contributed by atoms with Gasteiger partial charge in [-0.25, -0.2) is 19.2 Å². The molecule has 8 nitrogen and oxygen atoms in total. The first kappa shape index (κ1) is 20.7. The number of hydrogen-bond acceptors (Lipinski definition) is 7. The number of hydrogen-bond donors (Lipinski definition) is 1. The van der Waals surface area contributed by atoms with Gasteiger partial charge in [0.15, 0.2) is 11.4 Å². The third-order valence-electron chi connectivity index (χ3n) is 5.84. The molecule has 0 unspecified atom stereocenters. The predicted molar refractivity (Wildman–Crippen MR) is 120 cm³/mol. The van der Waals surface area contributed by atoms with Crippen molar-refractivity contribution in [3.8, 4) is 5.75 Å². The molecule has 0 bridgehead atoms. The SMILES string of the molecule is COc1cc2ncnc(Nc3ccc(C)c(Cl)c3F)c2cc1N1CC2(CN(C)C2)OC1=O. The molecule has 1 amide bonds. The number of likely N-dealkylation sites (tertiary alicyclic amines) is 1. The van der Waals surface area contributed by atoms with Gasteiger partial charge in [-0.15, -0.1) is 0 Å². The Morgan fingerprint density at radius 1 is 1.25 bits per heavy atom. The molecule has 2 fully saturated rings. The van der Waals surface area contributed by atoms with Gasteiger partial charge in [0.25, 0.3) is 0 Å². The molecule has 3 heterocycles. The Bertz CT molecular complexity index is 1250. The quantitative estimate of drug-likeness (QED) is 0.631. The number of rotatable bonds is 4. The van der Waals surface area contributed by atoms with Crippen LogP contribution in [-0.2, 0) is 4.74 Å². The number of amides is 1. The molecule has 2 saturated heterocycles. The third kappa shape index (κ3) is 3.28. The Balaban J connectivity index is 1.57. The fourth-order valence-corrected chi connectivity index (χ4v) is 4.49. The van der Waals surface area contributed by atoms with Gasteiger partial charge < -0.3 is 14.8 Å². The number of benzene rings is 2. The zero-order valence-corrected chi connectivity index (χ0v) is 18.5. The van der Waals surface area contributed by atoms with Crippen LogP contribution in [0.2, 0.25) is 5.02 Å². The zero-order valence-electron chi connectivity index (χ0n) is 17.8. The van der Waals surface area contributed by atoms with E-state index in [-0.39, 0.29) is 10.7 Å². The second-order valence-corrected chi connectivity index (χ2v) is 8.63. The molecular weight excluding hydrogens is 437 g/mol. The van der Waals surface area contributed by atoms with E-state index < -0.39 is 17.5 Å². The molecule has 1 spiro atoms. The highest BCUT2D eigenvalue weighted by Crippen LogP contribution is 2.41. The van der Waals surface area contributed by atoms with Gasteiger partial charge in [0.1, 0.15) is 17.9 Å². The Morgan fingerprint density at radius 3 is 2.75 bits per heavy atom. The van der Waals surface area contributed by atoms with Crippen molar-refractivity contribution in [2.45, 2.75) is 12.5 Å². The Hall–Kier alpha value is -3.17. The van der Waals surface area contributed by atoms with Gasteiger partial charge in [-0.3, -0.25) is 9.80 Å². The lowest BCUT2D eigenvalue weighted by atomic mass is 9.95. The normalized spacial score (nSPS) is 17.5. The second kappa shape index (κ2) is 7.46. The summed E-state index contributed by atoms with van der Waals surface area (Å²) in [7, 11) is 3.51. The minimum atomic E-state index is -0.564. The van der Waals surface area contributed by atoms with Crippen molar-refractivity contribution in [1.29, 1.82) is 0 Å². The number of halogens is 2. The number of nitrogens with zero attached hydrogens (tertiary/aromatic N) is 4. The number of nitrogens with one attached hydrogen (secondary N) is 1. The number of aryl methyl sites for hydroxylation is 1. The third-order valence-corrected chi connectivity index (χ3v) is 6.31. The maximum atomic E-state index is 14.7. The maximum Gasteiger partial charge on any atom is 0.415 e. The van der Waals surface area contributed by atoms with Crippen molar-refractivity contribution < 1.29 is 18.7 Å². The lowest BCUT2D eigenvalue weighted by molar-refractivity contribution is -0.0599. The van der Waals surface area contributed by atoms with E-state index in [2.05, 4.69) is 20.2 Å². The fourth-order valence-electron chi connectivity index (χ4n) is 4.33. The monoisotopic (exact) mass is 457 g/mol. The van der Waals surface area contributed by atoms with E-state index in [0.717, 1.165) is 0 Å². The van der Waals surface area contributed by atoms with Crippen LogP contribution in [0.1, 0.15) is 5.56 Å². The Kier molecular flexibility index (Phi) is 4.83. The number of fused-ring (bicyclic) bond motifs is 1. The zero-order chi connectivity index (χ0) is 22.6. The number of anilines is 3. The summed E-state index contributed by atoms with van der Waals surface area (Å²) in [6.07, 6.45) is 0.944. The molecule has 0 atom stereocenters. The summed E-state index contributed by atoms with van der Waals surface area (Å²) in [5.74, 6) is 0.295. The van der Waals surface area contributed by atoms with Crippen LogP contribution >= 0.6 is 11.6 Å². The van der Waals surface area contributed by atoms with E-state index in [1.165, 1.54) is 13.4 Å². The second-order valence-electron chi connectivity index (χ2n) is 8.26. The highest BCUT2D eigenvalue weighted by molar-refractivity contribution is 6.31. The van der Waals surface area contributed by atoms with Crippen LogP contribution in [-0.4, -0.2) is 60.4 Å². The van der Waals surface area contributed by atoms with Crippen LogP contribution in [0.25, 0.3) is 10.9 Å². The van der Waals surface area contributed by atoms with Crippen LogP contribution in [0, 0.1) is 12.7 Å². The van der Waals surface area contributed by atoms with Crippen molar-refractivity contribution in [2.24, 2.45) is 0 Å². The van der Waals surface area contributed by atoms with Gasteiger partial charge in [-0.2, -0.15) is 0 Å². The molecule has 2 aliphatic rings. The van der Waals surface area contributed by atoms with Gasteiger partial charge >= 0.3 is 6.09 Å². The Labute approximate surface area is 188 Å². The van der Waals surface area contributed by atoms with Crippen LogP contribution in [0.5, 0.6) is 5.75 Å². The summed E-state index contributed by atoms with van der Waals surface area (Å²) in [5.41, 5.74) is 1.43. The van der Waals surface area contributed by atoms with Crippen molar-refractivity contribution in [2.75, 3.05) is 44.0 Å². The molecule has 1 aromatic heterocycles. The van der Waals surface area contributed by atoms with E-state index in [4.69, 9.17) is 21.1 Å². The van der Waals surface area contributed by atoms with Gasteiger partial charge in [0, 0.05) is 24.5 Å². The molecular formula is C22H21ClFN5O3. The molecule has 3 aromatic rings. The lowest BCUT2D eigenvalue weighted by Crippen LogP contribution is -2.62. The van der Waals surface area contributed by atoms with Crippen molar-refractivity contribution >= 4 is 45.8 Å². The van der Waals surface area contributed by atoms with Gasteiger partial charge in [0.05, 0.1) is 35.6 Å². The smallest absolute Gasteiger partial charge is 0.415 e. The van der Waals surface area contributed by atoms with Crippen LogP contribution in [0.4, 0.5) is 26.4 Å². The Morgan fingerprint density at radius 2 is 2.03 bits per heavy atom. The van der Waals surface area contributed by atoms with Crippen LogP contribution in [0.3, 0.4) is 0 Å². The number of carbonyl (C=O) groups excluding carboxylic acids is 1. The number of aromatic nitrogens is 2. The minimum absolute atomic E-state index is 0.0475. The number of likely N-dealkylation sites (N-methyl/N-ethyl adjacent to an activating group) is 1. The largest absolute Gasteiger partial charge is 0.494 e. The molecule has 1 N–H and O–H groups in total. The average molecular weight is 458 g/mol. The molecule has 0 aliphatic carbocycles. The summed E-state index contributed by atoms with van der Waals surface area (Å²) in [6.45, 7) is 3.50. The molecule has 0 saturated carbocycles. The maximum absolute atomic E-state index is 14.7. The van der Waals surface area contributed by atoms with Gasteiger partial charge in [-0.05, 0) is 31.7 Å². The molecule has 2 aromatic carbocycles. The molecule has 10 heteroatoms. The first-order valence-corrected chi connectivity index (χ1v) is 10.4. The van der Waals surface area contributed by atoms with Crippen LogP contribution in [0.15, 0.2) is 30.6 Å². The number of methoxy groups -OCH3 is 1. The molecule has 2 aliphatic heterocycles. The van der Waals surface area contributed by atoms with Crippen molar-refractivity contribution in [1.82, 2.24) is 14.9 Å². The fraction of sp³-hybridized carbons (Fsp3) is 0.318. The van der Waals surface area contributed by atoms with Crippen molar-refractivity contribution in [3.63, 3.8) is 0 Å². The van der Waals surface area contributed by atoms with E-state index in [0.29, 0.717) is 53.4 Å². The molecule has 5 rings (SSSR count). The molecule has 32 heavy (non-hydrogen) atoms. The standard InChI is InChI=1S/C22H21ClFN5O3/c1-12-4-5-14(19(24)18(12)23)27-20-13-6-16(17(31-3)7-15(13)25-11-26-20)29-10-22(32-21(29)30)8-28(2)9-22/h4-7,11H,8-10H2,1-3H3,(H,25,26,27). The minimum Gasteiger partial charge on any atom is -0.494 e. The molecule has 0 radical (unpaired) electrons. The topological polar surface area (TPSA) is 79.8 Å². The van der Waals surface area contributed by atoms with E-state index in [9.17, 15) is 9.18 Å². The highest BCUT2D eigenvalue weighted by atomic mass is 35.5. The number of carbonyl (C=O) groups is 1. The lowest BCUT2D eigenvalue weighted by Gasteiger charge is -2.43. The summed E-state index contributed by atoms with van der Waals surface area (Å²) >= 11 is 6.06.